The van der Waals surface area contributed by atoms with Crippen molar-refractivity contribution in [1.82, 2.24) is 9.78 Å². The van der Waals surface area contributed by atoms with E-state index in [2.05, 4.69) is 41.8 Å². The number of nitrogens with zero attached hydrogens (tertiary/aromatic N) is 2. The van der Waals surface area contributed by atoms with Crippen molar-refractivity contribution in [2.45, 2.75) is 64.9 Å². The van der Waals surface area contributed by atoms with Crippen LogP contribution in [-0.2, 0) is 19.9 Å². The minimum absolute atomic E-state index is 0.392. The van der Waals surface area contributed by atoms with Gasteiger partial charge >= 0.3 is 0 Å². The Hall–Kier alpha value is -0.350. The SMILES string of the molecule is CCc1nn(C)c(CC2(O)CCCCC2C(C)C)c1Br. The van der Waals surface area contributed by atoms with Crippen LogP contribution in [0.25, 0.3) is 0 Å². The summed E-state index contributed by atoms with van der Waals surface area (Å²) >= 11 is 3.68. The fraction of sp³-hybridized carbons (Fsp3) is 0.812. The first-order valence-electron chi connectivity index (χ1n) is 7.81. The Balaban J connectivity index is 2.29. The minimum atomic E-state index is -0.576. The van der Waals surface area contributed by atoms with Gasteiger partial charge in [0.1, 0.15) is 0 Å². The summed E-state index contributed by atoms with van der Waals surface area (Å²) < 4.78 is 3.02. The maximum absolute atomic E-state index is 11.2. The second-order valence-corrected chi connectivity index (χ2v) is 7.35. The van der Waals surface area contributed by atoms with Crippen molar-refractivity contribution in [3.63, 3.8) is 0 Å². The molecule has 1 fully saturated rings. The van der Waals surface area contributed by atoms with Crippen LogP contribution in [0.15, 0.2) is 4.47 Å². The third-order valence-electron chi connectivity index (χ3n) is 4.85. The van der Waals surface area contributed by atoms with Crippen molar-refractivity contribution in [3.05, 3.63) is 15.9 Å². The van der Waals surface area contributed by atoms with Gasteiger partial charge in [-0.1, -0.05) is 33.6 Å². The highest BCUT2D eigenvalue weighted by Gasteiger charge is 2.41. The maximum atomic E-state index is 11.2. The summed E-state index contributed by atoms with van der Waals surface area (Å²) in [5.74, 6) is 0.918. The number of aliphatic hydroxyl groups is 1. The largest absolute Gasteiger partial charge is 0.389 e. The van der Waals surface area contributed by atoms with Gasteiger partial charge in [0.15, 0.2) is 0 Å². The van der Waals surface area contributed by atoms with E-state index in [1.807, 2.05) is 11.7 Å². The lowest BCUT2D eigenvalue weighted by atomic mass is 9.68. The van der Waals surface area contributed by atoms with Crippen LogP contribution in [0.5, 0.6) is 0 Å². The van der Waals surface area contributed by atoms with Crippen molar-refractivity contribution in [2.24, 2.45) is 18.9 Å². The molecule has 0 aromatic carbocycles. The maximum Gasteiger partial charge on any atom is 0.0766 e. The normalized spacial score (nSPS) is 27.2. The average molecular weight is 343 g/mol. The van der Waals surface area contributed by atoms with Gasteiger partial charge in [-0.15, -0.1) is 0 Å². The predicted molar refractivity (Wildman–Crippen MR) is 85.7 cm³/mol. The van der Waals surface area contributed by atoms with Gasteiger partial charge in [-0.2, -0.15) is 5.10 Å². The molecule has 1 aromatic heterocycles. The molecule has 20 heavy (non-hydrogen) atoms. The summed E-state index contributed by atoms with van der Waals surface area (Å²) in [6.07, 6.45) is 6.06. The molecule has 1 saturated carbocycles. The van der Waals surface area contributed by atoms with E-state index in [-0.39, 0.29) is 0 Å². The van der Waals surface area contributed by atoms with Crippen LogP contribution in [0.3, 0.4) is 0 Å². The Morgan fingerprint density at radius 3 is 2.70 bits per heavy atom. The zero-order valence-electron chi connectivity index (χ0n) is 13.1. The zero-order valence-corrected chi connectivity index (χ0v) is 14.7. The molecule has 0 amide bonds. The van der Waals surface area contributed by atoms with Crippen LogP contribution >= 0.6 is 15.9 Å². The van der Waals surface area contributed by atoms with E-state index in [4.69, 9.17) is 0 Å². The Kier molecular flexibility index (Phi) is 4.96. The van der Waals surface area contributed by atoms with E-state index in [1.165, 1.54) is 6.42 Å². The Morgan fingerprint density at radius 2 is 2.15 bits per heavy atom. The van der Waals surface area contributed by atoms with Crippen LogP contribution in [-0.4, -0.2) is 20.5 Å². The Bertz CT molecular complexity index is 469. The van der Waals surface area contributed by atoms with E-state index in [9.17, 15) is 5.11 Å². The second-order valence-electron chi connectivity index (χ2n) is 6.56. The molecule has 2 rings (SSSR count). The van der Waals surface area contributed by atoms with Crippen molar-refractivity contribution >= 4 is 15.9 Å². The second kappa shape index (κ2) is 6.18. The van der Waals surface area contributed by atoms with Gasteiger partial charge in [0.2, 0.25) is 0 Å². The zero-order chi connectivity index (χ0) is 14.9. The minimum Gasteiger partial charge on any atom is -0.389 e. The highest BCUT2D eigenvalue weighted by atomic mass is 79.9. The fourth-order valence-corrected chi connectivity index (χ4v) is 4.48. The summed E-state index contributed by atoms with van der Waals surface area (Å²) in [5.41, 5.74) is 1.65. The van der Waals surface area contributed by atoms with Gasteiger partial charge < -0.3 is 5.11 Å². The lowest BCUT2D eigenvalue weighted by Gasteiger charge is -2.42. The molecule has 2 unspecified atom stereocenters. The molecule has 1 N–H and O–H groups in total. The van der Waals surface area contributed by atoms with Gasteiger partial charge in [-0.25, -0.2) is 0 Å². The van der Waals surface area contributed by atoms with E-state index in [1.54, 1.807) is 0 Å². The average Bonchev–Trinajstić information content (AvgIpc) is 2.66. The number of hydrogen-bond donors (Lipinski definition) is 1. The monoisotopic (exact) mass is 342 g/mol. The number of aryl methyl sites for hydroxylation is 2. The smallest absolute Gasteiger partial charge is 0.0766 e. The van der Waals surface area contributed by atoms with Crippen molar-refractivity contribution in [3.8, 4) is 0 Å². The van der Waals surface area contributed by atoms with Crippen molar-refractivity contribution in [1.29, 1.82) is 0 Å². The molecule has 1 aliphatic carbocycles. The lowest BCUT2D eigenvalue weighted by Crippen LogP contribution is -2.45. The van der Waals surface area contributed by atoms with E-state index in [0.29, 0.717) is 18.3 Å². The Morgan fingerprint density at radius 1 is 1.45 bits per heavy atom. The molecule has 0 spiro atoms. The predicted octanol–water partition coefficient (Wildman–Crippen LogP) is 3.86. The highest BCUT2D eigenvalue weighted by Crippen LogP contribution is 2.41. The molecule has 2 atom stereocenters. The van der Waals surface area contributed by atoms with Crippen LogP contribution in [0.4, 0.5) is 0 Å². The van der Waals surface area contributed by atoms with Gasteiger partial charge in [0.25, 0.3) is 0 Å². The summed E-state index contributed by atoms with van der Waals surface area (Å²) in [5, 5.41) is 15.8. The van der Waals surface area contributed by atoms with Crippen LogP contribution < -0.4 is 0 Å². The fourth-order valence-electron chi connectivity index (χ4n) is 3.72. The molecular formula is C16H27BrN2O. The van der Waals surface area contributed by atoms with Crippen molar-refractivity contribution < 1.29 is 5.11 Å². The van der Waals surface area contributed by atoms with Crippen LogP contribution in [0.2, 0.25) is 0 Å². The van der Waals surface area contributed by atoms with Gasteiger partial charge in [-0.3, -0.25) is 4.68 Å². The third-order valence-corrected chi connectivity index (χ3v) is 5.76. The van der Waals surface area contributed by atoms with Gasteiger partial charge in [-0.05, 0) is 47.0 Å². The number of rotatable bonds is 4. The van der Waals surface area contributed by atoms with Crippen LogP contribution in [0.1, 0.15) is 57.8 Å². The van der Waals surface area contributed by atoms with Crippen molar-refractivity contribution in [2.75, 3.05) is 0 Å². The molecule has 0 bridgehead atoms. The molecular weight excluding hydrogens is 316 g/mol. The molecule has 4 heteroatoms. The van der Waals surface area contributed by atoms with E-state index >= 15 is 0 Å². The quantitative estimate of drug-likeness (QED) is 0.901. The highest BCUT2D eigenvalue weighted by molar-refractivity contribution is 9.10. The lowest BCUT2D eigenvalue weighted by molar-refractivity contribution is -0.0665. The molecule has 0 aliphatic heterocycles. The first-order chi connectivity index (χ1) is 9.39. The first kappa shape index (κ1) is 16.0. The molecule has 3 nitrogen and oxygen atoms in total. The third kappa shape index (κ3) is 2.96. The number of aromatic nitrogens is 2. The van der Waals surface area contributed by atoms with E-state index < -0.39 is 5.60 Å². The topological polar surface area (TPSA) is 38.0 Å². The molecule has 0 radical (unpaired) electrons. The van der Waals surface area contributed by atoms with Gasteiger partial charge in [0, 0.05) is 13.5 Å². The number of hydrogen-bond acceptors (Lipinski definition) is 2. The van der Waals surface area contributed by atoms with Gasteiger partial charge in [0.05, 0.1) is 21.5 Å². The standard InChI is InChI=1S/C16H27BrN2O/c1-5-13-15(17)14(19(4)18-13)10-16(20)9-7-6-8-12(16)11(2)3/h11-12,20H,5-10H2,1-4H3. The summed E-state index contributed by atoms with van der Waals surface area (Å²) in [6, 6.07) is 0. The molecule has 0 saturated heterocycles. The molecule has 1 heterocycles. The van der Waals surface area contributed by atoms with E-state index in [0.717, 1.165) is 41.5 Å². The van der Waals surface area contributed by atoms with Crippen LogP contribution in [0, 0.1) is 11.8 Å². The molecule has 114 valence electrons. The summed E-state index contributed by atoms with van der Waals surface area (Å²) in [6.45, 7) is 6.58. The molecule has 1 aliphatic rings. The number of halogens is 1. The summed E-state index contributed by atoms with van der Waals surface area (Å²) in [7, 11) is 1.98. The first-order valence-corrected chi connectivity index (χ1v) is 8.61. The summed E-state index contributed by atoms with van der Waals surface area (Å²) in [4.78, 5) is 0. The molecule has 1 aromatic rings. The Labute approximate surface area is 130 Å².